The highest BCUT2D eigenvalue weighted by Gasteiger charge is 2.08. The number of carbonyl (C=O) groups excluding carboxylic acids is 1. The molecule has 0 saturated carbocycles. The van der Waals surface area contributed by atoms with E-state index in [0.29, 0.717) is 10.6 Å². The van der Waals surface area contributed by atoms with Crippen LogP contribution >= 0.6 is 11.3 Å². The van der Waals surface area contributed by atoms with Gasteiger partial charge in [0, 0.05) is 35.3 Å². The second kappa shape index (κ2) is 10.0. The van der Waals surface area contributed by atoms with Crippen LogP contribution in [0.15, 0.2) is 30.3 Å². The summed E-state index contributed by atoms with van der Waals surface area (Å²) in [5.41, 5.74) is 1.87. The number of anilines is 1. The van der Waals surface area contributed by atoms with Crippen molar-refractivity contribution in [1.82, 2.24) is 0 Å². The van der Waals surface area contributed by atoms with Crippen LogP contribution in [0.5, 0.6) is 5.75 Å². The maximum absolute atomic E-state index is 10.7. The summed E-state index contributed by atoms with van der Waals surface area (Å²) in [6.07, 6.45) is 9.32. The van der Waals surface area contributed by atoms with Gasteiger partial charge in [-0.2, -0.15) is 0 Å². The standard InChI is InChI=1S/C21H27NO2S/c1-3-5-13-22(14-6-4-2)18-9-7-17(21(24)15-18)8-10-19-11-12-20(16-23)25-19/h7-12,15-16,24H,3-6,13-14H2,1-2H3/b10-8+. The molecule has 0 bridgehead atoms. The van der Waals surface area contributed by atoms with E-state index in [0.717, 1.165) is 48.3 Å². The van der Waals surface area contributed by atoms with Gasteiger partial charge in [-0.05, 0) is 49.3 Å². The van der Waals surface area contributed by atoms with Crippen LogP contribution in [0.4, 0.5) is 5.69 Å². The third kappa shape index (κ3) is 5.75. The molecular formula is C21H27NO2S. The number of rotatable bonds is 10. The average Bonchev–Trinajstić information content (AvgIpc) is 3.09. The Morgan fingerprint density at radius 3 is 2.24 bits per heavy atom. The summed E-state index contributed by atoms with van der Waals surface area (Å²) in [7, 11) is 0. The normalized spacial score (nSPS) is 11.1. The van der Waals surface area contributed by atoms with Crippen molar-refractivity contribution in [1.29, 1.82) is 0 Å². The first-order valence-corrected chi connectivity index (χ1v) is 9.80. The summed E-state index contributed by atoms with van der Waals surface area (Å²) in [6.45, 7) is 6.44. The van der Waals surface area contributed by atoms with E-state index in [1.54, 1.807) is 6.07 Å². The maximum atomic E-state index is 10.7. The number of unbranched alkanes of at least 4 members (excludes halogenated alkanes) is 2. The van der Waals surface area contributed by atoms with Crippen molar-refractivity contribution in [3.05, 3.63) is 45.6 Å². The van der Waals surface area contributed by atoms with E-state index in [2.05, 4.69) is 24.8 Å². The Labute approximate surface area is 154 Å². The largest absolute Gasteiger partial charge is 0.507 e. The lowest BCUT2D eigenvalue weighted by Gasteiger charge is -2.25. The first kappa shape index (κ1) is 19.3. The minimum absolute atomic E-state index is 0.291. The third-order valence-electron chi connectivity index (χ3n) is 4.13. The zero-order chi connectivity index (χ0) is 18.1. The van der Waals surface area contributed by atoms with Crippen LogP contribution in [-0.4, -0.2) is 24.5 Å². The van der Waals surface area contributed by atoms with E-state index in [4.69, 9.17) is 0 Å². The van der Waals surface area contributed by atoms with Crippen LogP contribution in [0.25, 0.3) is 12.2 Å². The molecule has 1 heterocycles. The Bertz CT molecular complexity index is 698. The number of benzene rings is 1. The highest BCUT2D eigenvalue weighted by atomic mass is 32.1. The Kier molecular flexibility index (Phi) is 7.74. The van der Waals surface area contributed by atoms with E-state index in [-0.39, 0.29) is 0 Å². The minimum Gasteiger partial charge on any atom is -0.507 e. The lowest BCUT2D eigenvalue weighted by atomic mass is 10.1. The van der Waals surface area contributed by atoms with E-state index < -0.39 is 0 Å². The second-order valence-corrected chi connectivity index (χ2v) is 7.28. The molecule has 3 nitrogen and oxygen atoms in total. The SMILES string of the molecule is CCCCN(CCCC)c1ccc(/C=C/c2ccc(C=O)s2)c(O)c1. The molecule has 1 aromatic carbocycles. The number of aromatic hydroxyl groups is 1. The van der Waals surface area contributed by atoms with Gasteiger partial charge >= 0.3 is 0 Å². The first-order chi connectivity index (χ1) is 12.2. The lowest BCUT2D eigenvalue weighted by molar-refractivity contribution is 0.112. The fourth-order valence-corrected chi connectivity index (χ4v) is 3.36. The molecule has 0 aliphatic rings. The molecule has 1 aromatic heterocycles. The summed E-state index contributed by atoms with van der Waals surface area (Å²) in [4.78, 5) is 14.8. The van der Waals surface area contributed by atoms with Crippen molar-refractivity contribution in [3.63, 3.8) is 0 Å². The Balaban J connectivity index is 2.13. The lowest BCUT2D eigenvalue weighted by Crippen LogP contribution is -2.25. The number of thiophene rings is 1. The molecule has 0 unspecified atom stereocenters. The molecule has 0 radical (unpaired) electrons. The molecule has 0 aliphatic carbocycles. The second-order valence-electron chi connectivity index (χ2n) is 6.13. The van der Waals surface area contributed by atoms with Crippen molar-refractivity contribution in [2.45, 2.75) is 39.5 Å². The van der Waals surface area contributed by atoms with E-state index in [9.17, 15) is 9.90 Å². The van der Waals surface area contributed by atoms with Gasteiger partial charge < -0.3 is 10.0 Å². The smallest absolute Gasteiger partial charge is 0.160 e. The van der Waals surface area contributed by atoms with Crippen LogP contribution in [0.2, 0.25) is 0 Å². The predicted molar refractivity (Wildman–Crippen MR) is 109 cm³/mol. The average molecular weight is 358 g/mol. The van der Waals surface area contributed by atoms with E-state index in [1.165, 1.54) is 24.2 Å². The van der Waals surface area contributed by atoms with Crippen molar-refractivity contribution >= 4 is 35.5 Å². The zero-order valence-corrected chi connectivity index (χ0v) is 15.9. The molecule has 0 aliphatic heterocycles. The third-order valence-corrected chi connectivity index (χ3v) is 5.11. The monoisotopic (exact) mass is 357 g/mol. The molecule has 2 aromatic rings. The molecule has 4 heteroatoms. The van der Waals surface area contributed by atoms with Gasteiger partial charge in [-0.3, -0.25) is 4.79 Å². The van der Waals surface area contributed by atoms with Crippen molar-refractivity contribution in [2.75, 3.05) is 18.0 Å². The Morgan fingerprint density at radius 2 is 1.68 bits per heavy atom. The molecule has 25 heavy (non-hydrogen) atoms. The summed E-state index contributed by atoms with van der Waals surface area (Å²) < 4.78 is 0. The fraction of sp³-hybridized carbons (Fsp3) is 0.381. The number of hydrogen-bond donors (Lipinski definition) is 1. The van der Waals surface area contributed by atoms with Crippen LogP contribution in [0, 0.1) is 0 Å². The first-order valence-electron chi connectivity index (χ1n) is 8.99. The molecule has 2 rings (SSSR count). The van der Waals surface area contributed by atoms with Crippen molar-refractivity contribution in [3.8, 4) is 5.75 Å². The zero-order valence-electron chi connectivity index (χ0n) is 15.1. The number of carbonyl (C=O) groups is 1. The quantitative estimate of drug-likeness (QED) is 0.543. The van der Waals surface area contributed by atoms with Crippen LogP contribution in [-0.2, 0) is 0 Å². The number of phenolic OH excluding ortho intramolecular Hbond substituents is 1. The summed E-state index contributed by atoms with van der Waals surface area (Å²) in [5, 5.41) is 10.4. The fourth-order valence-electron chi connectivity index (χ4n) is 2.63. The van der Waals surface area contributed by atoms with Crippen LogP contribution in [0.3, 0.4) is 0 Å². The maximum Gasteiger partial charge on any atom is 0.160 e. The number of aldehydes is 1. The number of phenols is 1. The number of nitrogens with zero attached hydrogens (tertiary/aromatic N) is 1. The predicted octanol–water partition coefficient (Wildman–Crippen LogP) is 5.84. The number of hydrogen-bond acceptors (Lipinski definition) is 4. The molecule has 134 valence electrons. The van der Waals surface area contributed by atoms with E-state index >= 15 is 0 Å². The van der Waals surface area contributed by atoms with Gasteiger partial charge in [0.05, 0.1) is 4.88 Å². The molecule has 0 saturated heterocycles. The van der Waals surface area contributed by atoms with Gasteiger partial charge in [0.1, 0.15) is 5.75 Å². The Hall–Kier alpha value is -2.07. The summed E-state index contributed by atoms with van der Waals surface area (Å²) in [6, 6.07) is 9.61. The molecule has 0 spiro atoms. The van der Waals surface area contributed by atoms with Gasteiger partial charge in [-0.25, -0.2) is 0 Å². The van der Waals surface area contributed by atoms with Gasteiger partial charge in [0.2, 0.25) is 0 Å². The summed E-state index contributed by atoms with van der Waals surface area (Å²) in [5.74, 6) is 0.291. The molecule has 0 atom stereocenters. The highest BCUT2D eigenvalue weighted by molar-refractivity contribution is 7.14. The molecular weight excluding hydrogens is 330 g/mol. The molecule has 0 amide bonds. The van der Waals surface area contributed by atoms with Gasteiger partial charge in [0.15, 0.2) is 6.29 Å². The van der Waals surface area contributed by atoms with Gasteiger partial charge in [-0.1, -0.05) is 26.7 Å². The highest BCUT2D eigenvalue weighted by Crippen LogP contribution is 2.27. The van der Waals surface area contributed by atoms with Crippen molar-refractivity contribution < 1.29 is 9.90 Å². The van der Waals surface area contributed by atoms with Gasteiger partial charge in [-0.15, -0.1) is 11.3 Å². The van der Waals surface area contributed by atoms with E-state index in [1.807, 2.05) is 30.4 Å². The summed E-state index contributed by atoms with van der Waals surface area (Å²) >= 11 is 1.44. The topological polar surface area (TPSA) is 40.5 Å². The van der Waals surface area contributed by atoms with Gasteiger partial charge in [0.25, 0.3) is 0 Å². The van der Waals surface area contributed by atoms with Crippen LogP contribution in [0.1, 0.15) is 59.6 Å². The molecule has 1 N–H and O–H groups in total. The van der Waals surface area contributed by atoms with Crippen molar-refractivity contribution in [2.24, 2.45) is 0 Å². The molecule has 0 fully saturated rings. The van der Waals surface area contributed by atoms with Crippen LogP contribution < -0.4 is 4.90 Å². The Morgan fingerprint density at radius 1 is 1.00 bits per heavy atom. The minimum atomic E-state index is 0.291.